The molecule has 0 saturated carbocycles. The number of aromatic nitrogens is 1. The molecule has 39 heavy (non-hydrogen) atoms. The van der Waals surface area contributed by atoms with Crippen molar-refractivity contribution in [2.24, 2.45) is 0 Å². The maximum absolute atomic E-state index is 13.5. The summed E-state index contributed by atoms with van der Waals surface area (Å²) in [5.41, 5.74) is -1.07. The number of hydrogen-bond donors (Lipinski definition) is 2. The normalized spacial score (nSPS) is 11.6. The molecular formula is C25H18F6N3O5-. The highest BCUT2D eigenvalue weighted by Crippen LogP contribution is 2.42. The van der Waals surface area contributed by atoms with Gasteiger partial charge in [-0.15, -0.1) is 0 Å². The number of Topliss-reactive ketones (excluding diaryl/α,β-unsaturated/α-hetero) is 1. The predicted octanol–water partition coefficient (Wildman–Crippen LogP) is 4.98. The quantitative estimate of drug-likeness (QED) is 0.230. The molecule has 0 spiro atoms. The van der Waals surface area contributed by atoms with Crippen molar-refractivity contribution in [1.29, 1.82) is 0 Å². The molecule has 0 aliphatic carbocycles. The maximum Gasteiger partial charge on any atom is 0.422 e. The Balaban J connectivity index is 1.87. The lowest BCUT2D eigenvalue weighted by atomic mass is 10.0. The van der Waals surface area contributed by atoms with Gasteiger partial charge in [0.15, 0.2) is 12.4 Å². The Hall–Kier alpha value is -4.62. The minimum Gasteiger partial charge on any atom is -0.530 e. The van der Waals surface area contributed by atoms with Crippen molar-refractivity contribution < 1.29 is 50.6 Å². The van der Waals surface area contributed by atoms with Gasteiger partial charge >= 0.3 is 12.4 Å². The first-order valence-corrected chi connectivity index (χ1v) is 10.9. The highest BCUT2D eigenvalue weighted by molar-refractivity contribution is 6.12. The van der Waals surface area contributed by atoms with Crippen LogP contribution in [0.1, 0.15) is 28.0 Å². The van der Waals surface area contributed by atoms with E-state index in [2.05, 4.69) is 9.72 Å². The van der Waals surface area contributed by atoms with E-state index in [0.29, 0.717) is 11.6 Å². The summed E-state index contributed by atoms with van der Waals surface area (Å²) >= 11 is 0. The van der Waals surface area contributed by atoms with Crippen LogP contribution in [0.4, 0.5) is 42.5 Å². The number of carboxylic acid groups (broad SMARTS) is 1. The Bertz CT molecular complexity index is 1410. The summed E-state index contributed by atoms with van der Waals surface area (Å²) in [4.78, 5) is 40.4. The number of alkyl halides is 6. The number of pyridine rings is 1. The average Bonchev–Trinajstić information content (AvgIpc) is 2.82. The number of ketones is 1. The molecule has 2 amide bonds. The van der Waals surface area contributed by atoms with E-state index in [9.17, 15) is 45.8 Å². The lowest BCUT2D eigenvalue weighted by molar-refractivity contribution is -0.242. The summed E-state index contributed by atoms with van der Waals surface area (Å²) in [5.74, 6) is -3.18. The molecule has 0 saturated heterocycles. The van der Waals surface area contributed by atoms with Gasteiger partial charge in [-0.2, -0.15) is 26.3 Å². The van der Waals surface area contributed by atoms with E-state index in [4.69, 9.17) is 0 Å². The number of hydrogen-bond acceptors (Lipinski definition) is 6. The molecule has 0 atom stereocenters. The Morgan fingerprint density at radius 2 is 1.59 bits per heavy atom. The topological polar surface area (TPSA) is 120 Å². The van der Waals surface area contributed by atoms with Crippen LogP contribution in [0.15, 0.2) is 54.7 Å². The summed E-state index contributed by atoms with van der Waals surface area (Å²) in [7, 11) is 0. The Kier molecular flexibility index (Phi) is 8.47. The van der Waals surface area contributed by atoms with Crippen LogP contribution < -0.4 is 20.5 Å². The van der Waals surface area contributed by atoms with E-state index in [0.717, 1.165) is 11.3 Å². The molecule has 0 fully saturated rings. The van der Waals surface area contributed by atoms with Gasteiger partial charge in [-0.25, -0.2) is 0 Å². The molecular weight excluding hydrogens is 536 g/mol. The van der Waals surface area contributed by atoms with E-state index >= 15 is 0 Å². The van der Waals surface area contributed by atoms with Crippen molar-refractivity contribution in [3.63, 3.8) is 0 Å². The molecule has 2 N–H and O–H groups in total. The number of ether oxygens (including phenoxy) is 1. The van der Waals surface area contributed by atoms with E-state index < -0.39 is 65.9 Å². The van der Waals surface area contributed by atoms with E-state index in [1.165, 1.54) is 12.1 Å². The summed E-state index contributed by atoms with van der Waals surface area (Å²) in [5, 5.41) is 14.6. The minimum absolute atomic E-state index is 0.108. The first-order valence-electron chi connectivity index (χ1n) is 10.9. The molecule has 14 heteroatoms. The highest BCUT2D eigenvalue weighted by Gasteiger charge is 2.37. The van der Waals surface area contributed by atoms with Gasteiger partial charge in [0.2, 0.25) is 5.91 Å². The van der Waals surface area contributed by atoms with Crippen LogP contribution in [0.25, 0.3) is 11.1 Å². The SMILES string of the molecule is Cc1cc(-c2cccc(C(=O)CC(=O)Nc3cc(C(F)(F)F)c(OCC(F)(F)F)cc3NC(=O)[O-])c2)ccn1. The third-order valence-electron chi connectivity index (χ3n) is 5.06. The zero-order valence-corrected chi connectivity index (χ0v) is 19.9. The second-order valence-corrected chi connectivity index (χ2v) is 8.12. The van der Waals surface area contributed by atoms with Gasteiger partial charge in [-0.1, -0.05) is 18.2 Å². The predicted molar refractivity (Wildman–Crippen MR) is 124 cm³/mol. The molecule has 206 valence electrons. The van der Waals surface area contributed by atoms with Gasteiger partial charge in [0.1, 0.15) is 11.8 Å². The zero-order valence-electron chi connectivity index (χ0n) is 19.9. The van der Waals surface area contributed by atoms with Crippen LogP contribution in [0.3, 0.4) is 0 Å². The largest absolute Gasteiger partial charge is 0.530 e. The fourth-order valence-electron chi connectivity index (χ4n) is 3.44. The lowest BCUT2D eigenvalue weighted by Crippen LogP contribution is -2.30. The molecule has 0 radical (unpaired) electrons. The van der Waals surface area contributed by atoms with E-state index in [1.807, 2.05) is 5.32 Å². The van der Waals surface area contributed by atoms with Crippen LogP contribution in [0.5, 0.6) is 5.75 Å². The van der Waals surface area contributed by atoms with Crippen LogP contribution in [-0.4, -0.2) is 35.6 Å². The second kappa shape index (κ2) is 11.4. The summed E-state index contributed by atoms with van der Waals surface area (Å²) in [6.07, 6.45) is -11.6. The monoisotopic (exact) mass is 554 g/mol. The molecule has 0 aliphatic heterocycles. The van der Waals surface area contributed by atoms with Crippen LogP contribution in [0, 0.1) is 6.92 Å². The van der Waals surface area contributed by atoms with Gasteiger partial charge in [0, 0.05) is 23.5 Å². The van der Waals surface area contributed by atoms with Crippen molar-refractivity contribution in [2.75, 3.05) is 17.2 Å². The maximum atomic E-state index is 13.5. The standard InChI is InChI=1S/C25H19F6N3O5/c1-13-7-15(5-6-32-13)14-3-2-4-16(8-14)20(35)11-22(36)33-18-9-17(25(29,30)31)21(39-12-24(26,27)28)10-19(18)34-23(37)38/h2-10,34H,11-12H2,1H3,(H,33,36)(H,37,38)/p-1. The highest BCUT2D eigenvalue weighted by atomic mass is 19.4. The summed E-state index contributed by atoms with van der Waals surface area (Å²) in [6.45, 7) is -0.329. The lowest BCUT2D eigenvalue weighted by Gasteiger charge is -2.20. The zero-order chi connectivity index (χ0) is 29.0. The van der Waals surface area contributed by atoms with Crippen molar-refractivity contribution in [3.05, 3.63) is 71.5 Å². The molecule has 0 aliphatic rings. The number of benzene rings is 2. The number of rotatable bonds is 8. The number of nitrogens with zero attached hydrogens (tertiary/aromatic N) is 1. The smallest absolute Gasteiger partial charge is 0.422 e. The van der Waals surface area contributed by atoms with Crippen molar-refractivity contribution in [3.8, 4) is 16.9 Å². The number of anilines is 2. The molecule has 1 aromatic heterocycles. The first-order chi connectivity index (χ1) is 18.1. The summed E-state index contributed by atoms with van der Waals surface area (Å²) in [6, 6.07) is 10.2. The van der Waals surface area contributed by atoms with Crippen LogP contribution in [0.2, 0.25) is 0 Å². The number of aryl methyl sites for hydroxylation is 1. The Morgan fingerprint density at radius 1 is 0.923 bits per heavy atom. The minimum atomic E-state index is -5.25. The van der Waals surface area contributed by atoms with Crippen molar-refractivity contribution in [1.82, 2.24) is 4.98 Å². The molecule has 8 nitrogen and oxygen atoms in total. The average molecular weight is 554 g/mol. The van der Waals surface area contributed by atoms with Gasteiger partial charge in [0.05, 0.1) is 23.4 Å². The third-order valence-corrected chi connectivity index (χ3v) is 5.06. The molecule has 3 aromatic rings. The fraction of sp³-hybridized carbons (Fsp3) is 0.200. The number of nitrogens with one attached hydrogen (secondary N) is 2. The summed E-state index contributed by atoms with van der Waals surface area (Å²) < 4.78 is 82.4. The molecule has 1 heterocycles. The van der Waals surface area contributed by atoms with Crippen molar-refractivity contribution in [2.45, 2.75) is 25.7 Å². The van der Waals surface area contributed by atoms with Crippen molar-refractivity contribution >= 4 is 29.2 Å². The fourth-order valence-corrected chi connectivity index (χ4v) is 3.44. The molecule has 2 aromatic carbocycles. The van der Waals surface area contributed by atoms with Crippen LogP contribution in [-0.2, 0) is 11.0 Å². The van der Waals surface area contributed by atoms with Crippen LogP contribution >= 0.6 is 0 Å². The number of amides is 2. The van der Waals surface area contributed by atoms with Gasteiger partial charge in [-0.3, -0.25) is 14.6 Å². The van der Waals surface area contributed by atoms with Gasteiger partial charge < -0.3 is 25.3 Å². The number of carbonyl (C=O) groups is 3. The van der Waals surface area contributed by atoms with Gasteiger partial charge in [0.25, 0.3) is 0 Å². The van der Waals surface area contributed by atoms with E-state index in [1.54, 1.807) is 42.7 Å². The number of halogens is 6. The second-order valence-electron chi connectivity index (χ2n) is 8.12. The first kappa shape index (κ1) is 28.9. The van der Waals surface area contributed by atoms with Gasteiger partial charge in [-0.05, 0) is 42.3 Å². The Morgan fingerprint density at radius 3 is 2.21 bits per heavy atom. The molecule has 0 unspecified atom stereocenters. The third kappa shape index (κ3) is 8.18. The number of carbonyl (C=O) groups excluding carboxylic acids is 3. The van der Waals surface area contributed by atoms with E-state index in [-0.39, 0.29) is 11.6 Å². The Labute approximate surface area is 216 Å². The molecule has 0 bridgehead atoms. The molecule has 3 rings (SSSR count).